The summed E-state index contributed by atoms with van der Waals surface area (Å²) in [6, 6.07) is 14.5. The Morgan fingerprint density at radius 3 is 2.42 bits per heavy atom. The molecule has 0 unspecified atom stereocenters. The lowest BCUT2D eigenvalue weighted by atomic mass is 9.89. The van der Waals surface area contributed by atoms with Gasteiger partial charge in [0.25, 0.3) is 0 Å². The van der Waals surface area contributed by atoms with Crippen molar-refractivity contribution in [2.45, 2.75) is 13.8 Å². The maximum atomic E-state index is 10.2. The third-order valence-electron chi connectivity index (χ3n) is 4.16. The van der Waals surface area contributed by atoms with Crippen molar-refractivity contribution in [3.8, 4) is 5.75 Å². The highest BCUT2D eigenvalue weighted by molar-refractivity contribution is 6.25. The van der Waals surface area contributed by atoms with Gasteiger partial charge in [-0.3, -0.25) is 0 Å². The van der Waals surface area contributed by atoms with E-state index in [1.165, 1.54) is 32.7 Å². The first-order valence-electron chi connectivity index (χ1n) is 6.53. The van der Waals surface area contributed by atoms with Crippen LogP contribution in [0.15, 0.2) is 42.5 Å². The molecule has 19 heavy (non-hydrogen) atoms. The number of hydrogen-bond donors (Lipinski definition) is 1. The molecule has 0 aliphatic carbocycles. The first kappa shape index (κ1) is 10.6. The number of aromatic hydroxyl groups is 1. The van der Waals surface area contributed by atoms with Crippen LogP contribution in [-0.2, 0) is 0 Å². The third kappa shape index (κ3) is 1.25. The van der Waals surface area contributed by atoms with Crippen molar-refractivity contribution in [3.05, 3.63) is 53.6 Å². The van der Waals surface area contributed by atoms with Crippen LogP contribution in [0.5, 0.6) is 5.75 Å². The van der Waals surface area contributed by atoms with E-state index in [1.54, 1.807) is 0 Å². The summed E-state index contributed by atoms with van der Waals surface area (Å²) < 4.78 is 0. The molecule has 1 N–H and O–H groups in total. The van der Waals surface area contributed by atoms with Crippen molar-refractivity contribution in [2.24, 2.45) is 0 Å². The normalized spacial score (nSPS) is 11.9. The van der Waals surface area contributed by atoms with Crippen LogP contribution < -0.4 is 0 Å². The molecule has 1 heteroatoms. The van der Waals surface area contributed by atoms with Crippen molar-refractivity contribution in [1.29, 1.82) is 0 Å². The zero-order chi connectivity index (χ0) is 13.1. The average molecular weight is 246 g/mol. The Kier molecular flexibility index (Phi) is 1.89. The number of benzene rings is 4. The van der Waals surface area contributed by atoms with Gasteiger partial charge in [0, 0.05) is 10.8 Å². The van der Waals surface area contributed by atoms with Crippen molar-refractivity contribution in [1.82, 2.24) is 0 Å². The molecule has 4 aromatic carbocycles. The summed E-state index contributed by atoms with van der Waals surface area (Å²) in [6.07, 6.45) is 0. The molecule has 0 bridgehead atoms. The van der Waals surface area contributed by atoms with Gasteiger partial charge in [-0.25, -0.2) is 0 Å². The van der Waals surface area contributed by atoms with Gasteiger partial charge in [0.15, 0.2) is 0 Å². The van der Waals surface area contributed by atoms with Crippen LogP contribution in [0.25, 0.3) is 32.3 Å². The van der Waals surface area contributed by atoms with Crippen LogP contribution in [0.1, 0.15) is 11.1 Å². The number of phenols is 1. The molecular weight excluding hydrogens is 232 g/mol. The molecule has 4 rings (SSSR count). The number of phenolic OH excluding ortho intramolecular Hbond substituents is 1. The molecule has 0 amide bonds. The highest BCUT2D eigenvalue weighted by Crippen LogP contribution is 2.41. The summed E-state index contributed by atoms with van der Waals surface area (Å²) in [7, 11) is 0. The molecule has 92 valence electrons. The second-order valence-corrected chi connectivity index (χ2v) is 5.35. The molecule has 0 saturated heterocycles. The van der Waals surface area contributed by atoms with E-state index in [0.29, 0.717) is 5.75 Å². The van der Waals surface area contributed by atoms with Gasteiger partial charge < -0.3 is 5.11 Å². The minimum Gasteiger partial charge on any atom is -0.507 e. The molecule has 0 aromatic heterocycles. The zero-order valence-corrected chi connectivity index (χ0v) is 11.0. The van der Waals surface area contributed by atoms with Crippen LogP contribution in [0.3, 0.4) is 0 Å². The largest absolute Gasteiger partial charge is 0.507 e. The SMILES string of the molecule is Cc1cc2c(C)ccc3c(O)cc4cccc1c4c23. The molecule has 0 aliphatic rings. The predicted molar refractivity (Wildman–Crippen MR) is 81.3 cm³/mol. The monoisotopic (exact) mass is 246 g/mol. The summed E-state index contributed by atoms with van der Waals surface area (Å²) in [5.41, 5.74) is 2.55. The molecule has 0 spiro atoms. The molecule has 0 heterocycles. The van der Waals surface area contributed by atoms with E-state index in [0.717, 1.165) is 10.8 Å². The van der Waals surface area contributed by atoms with E-state index in [2.05, 4.69) is 44.2 Å². The lowest BCUT2D eigenvalue weighted by molar-refractivity contribution is 0.482. The molecule has 4 aromatic rings. The van der Waals surface area contributed by atoms with Gasteiger partial charge in [-0.2, -0.15) is 0 Å². The zero-order valence-electron chi connectivity index (χ0n) is 11.0. The Bertz CT molecular complexity index is 935. The van der Waals surface area contributed by atoms with Crippen molar-refractivity contribution >= 4 is 32.3 Å². The van der Waals surface area contributed by atoms with Gasteiger partial charge >= 0.3 is 0 Å². The fourth-order valence-corrected chi connectivity index (χ4v) is 3.21. The van der Waals surface area contributed by atoms with Crippen LogP contribution in [-0.4, -0.2) is 5.11 Å². The van der Waals surface area contributed by atoms with E-state index in [-0.39, 0.29) is 0 Å². The summed E-state index contributed by atoms with van der Waals surface area (Å²) in [4.78, 5) is 0. The molecule has 0 radical (unpaired) electrons. The number of aryl methyl sites for hydroxylation is 2. The van der Waals surface area contributed by atoms with Crippen LogP contribution in [0.4, 0.5) is 0 Å². The van der Waals surface area contributed by atoms with Gasteiger partial charge in [-0.05, 0) is 52.6 Å². The lowest BCUT2D eigenvalue weighted by Crippen LogP contribution is -1.89. The van der Waals surface area contributed by atoms with E-state index in [9.17, 15) is 5.11 Å². The maximum Gasteiger partial charge on any atom is 0.124 e. The highest BCUT2D eigenvalue weighted by atomic mass is 16.3. The maximum absolute atomic E-state index is 10.2. The summed E-state index contributed by atoms with van der Waals surface area (Å²) in [5, 5.41) is 17.3. The van der Waals surface area contributed by atoms with Crippen molar-refractivity contribution < 1.29 is 5.11 Å². The molecular formula is C18H14O. The number of hydrogen-bond acceptors (Lipinski definition) is 1. The highest BCUT2D eigenvalue weighted by Gasteiger charge is 2.13. The van der Waals surface area contributed by atoms with Gasteiger partial charge in [0.05, 0.1) is 0 Å². The van der Waals surface area contributed by atoms with Crippen molar-refractivity contribution in [2.75, 3.05) is 0 Å². The average Bonchev–Trinajstić information content (AvgIpc) is 2.40. The molecule has 0 fully saturated rings. The summed E-state index contributed by atoms with van der Waals surface area (Å²) in [6.45, 7) is 4.28. The van der Waals surface area contributed by atoms with Gasteiger partial charge in [-0.1, -0.05) is 36.4 Å². The molecule has 0 aliphatic heterocycles. The first-order valence-corrected chi connectivity index (χ1v) is 6.53. The molecule has 1 nitrogen and oxygen atoms in total. The fraction of sp³-hybridized carbons (Fsp3) is 0.111. The van der Waals surface area contributed by atoms with Gasteiger partial charge in [-0.15, -0.1) is 0 Å². The summed E-state index contributed by atoms with van der Waals surface area (Å²) in [5.74, 6) is 0.369. The fourth-order valence-electron chi connectivity index (χ4n) is 3.21. The van der Waals surface area contributed by atoms with Crippen LogP contribution in [0, 0.1) is 13.8 Å². The van der Waals surface area contributed by atoms with Crippen LogP contribution in [0.2, 0.25) is 0 Å². The van der Waals surface area contributed by atoms with E-state index >= 15 is 0 Å². The Morgan fingerprint density at radius 2 is 1.58 bits per heavy atom. The Labute approximate surface area is 111 Å². The standard InChI is InChI=1S/C18H14O/c1-10-6-7-14-16(19)9-12-4-3-5-13-11(2)8-15(10)18(14)17(12)13/h3-9,19H,1-2H3. The van der Waals surface area contributed by atoms with Crippen LogP contribution >= 0.6 is 0 Å². The van der Waals surface area contributed by atoms with Gasteiger partial charge in [0.1, 0.15) is 5.75 Å². The number of rotatable bonds is 0. The third-order valence-corrected chi connectivity index (χ3v) is 4.16. The van der Waals surface area contributed by atoms with E-state index in [1.807, 2.05) is 12.1 Å². The first-order chi connectivity index (χ1) is 9.16. The Morgan fingerprint density at radius 1 is 0.737 bits per heavy atom. The second kappa shape index (κ2) is 3.39. The minimum absolute atomic E-state index is 0.369. The Hall–Kier alpha value is -2.28. The van der Waals surface area contributed by atoms with Crippen molar-refractivity contribution in [3.63, 3.8) is 0 Å². The summed E-state index contributed by atoms with van der Waals surface area (Å²) >= 11 is 0. The predicted octanol–water partition coefficient (Wildman–Crippen LogP) is 4.91. The topological polar surface area (TPSA) is 20.2 Å². The van der Waals surface area contributed by atoms with E-state index < -0.39 is 0 Å². The minimum atomic E-state index is 0.369. The van der Waals surface area contributed by atoms with E-state index in [4.69, 9.17) is 0 Å². The van der Waals surface area contributed by atoms with Gasteiger partial charge in [0.2, 0.25) is 0 Å². The lowest BCUT2D eigenvalue weighted by Gasteiger charge is -2.15. The Balaban J connectivity index is 2.50. The smallest absolute Gasteiger partial charge is 0.124 e. The second-order valence-electron chi connectivity index (χ2n) is 5.35. The quantitative estimate of drug-likeness (QED) is 0.437. The molecule has 0 atom stereocenters. The molecule has 0 saturated carbocycles.